The number of rotatable bonds is 1. The van der Waals surface area contributed by atoms with Gasteiger partial charge in [-0.1, -0.05) is 12.1 Å². The van der Waals surface area contributed by atoms with Crippen molar-refractivity contribution in [3.05, 3.63) is 30.0 Å². The number of anilines is 1. The molecule has 2 rings (SSSR count). The summed E-state index contributed by atoms with van der Waals surface area (Å²) in [5.41, 5.74) is 7.02. The predicted octanol–water partition coefficient (Wildman–Crippen LogP) is 2.50. The van der Waals surface area contributed by atoms with Gasteiger partial charge in [0.1, 0.15) is 5.60 Å². The Morgan fingerprint density at radius 3 is 2.68 bits per heavy atom. The lowest BCUT2D eigenvalue weighted by atomic mass is 10.1. The number of carbonyl (C=O) groups is 1. The molecule has 0 aliphatic heterocycles. The van der Waals surface area contributed by atoms with Crippen LogP contribution in [0.4, 0.5) is 10.5 Å². The predicted molar refractivity (Wildman–Crippen MR) is 73.9 cm³/mol. The number of nitrogens with two attached hydrogens (primary N) is 1. The third kappa shape index (κ3) is 2.56. The molecule has 5 nitrogen and oxygen atoms in total. The van der Waals surface area contributed by atoms with Gasteiger partial charge in [-0.2, -0.15) is 0 Å². The third-order valence-electron chi connectivity index (χ3n) is 2.70. The fraction of sp³-hybridized carbons (Fsp3) is 0.357. The molecule has 19 heavy (non-hydrogen) atoms. The summed E-state index contributed by atoms with van der Waals surface area (Å²) in [5, 5.41) is 10.1. The van der Waals surface area contributed by atoms with Gasteiger partial charge in [-0.25, -0.2) is 4.79 Å². The van der Waals surface area contributed by atoms with E-state index in [-0.39, 0.29) is 6.61 Å². The van der Waals surface area contributed by atoms with Crippen LogP contribution in [0.25, 0.3) is 10.9 Å². The molecule has 0 aliphatic rings. The summed E-state index contributed by atoms with van der Waals surface area (Å²) in [7, 11) is 0. The topological polar surface area (TPSA) is 77.5 Å². The van der Waals surface area contributed by atoms with E-state index in [1.807, 2.05) is 6.07 Å². The Hall–Kier alpha value is -2.01. The molecule has 0 saturated heterocycles. The quantitative estimate of drug-likeness (QED) is 0.774. The first kappa shape index (κ1) is 13.4. The van der Waals surface area contributed by atoms with Crippen LogP contribution in [0.15, 0.2) is 24.4 Å². The van der Waals surface area contributed by atoms with Crippen LogP contribution >= 0.6 is 0 Å². The average molecular weight is 262 g/mol. The van der Waals surface area contributed by atoms with Crippen LogP contribution in [0.1, 0.15) is 26.3 Å². The Labute approximate surface area is 111 Å². The van der Waals surface area contributed by atoms with E-state index in [2.05, 4.69) is 0 Å². The molecule has 0 bridgehead atoms. The summed E-state index contributed by atoms with van der Waals surface area (Å²) >= 11 is 0. The zero-order valence-electron chi connectivity index (χ0n) is 11.3. The summed E-state index contributed by atoms with van der Waals surface area (Å²) in [6, 6.07) is 5.32. The first-order valence-electron chi connectivity index (χ1n) is 6.06. The molecule has 0 saturated carbocycles. The van der Waals surface area contributed by atoms with Crippen LogP contribution in [0, 0.1) is 0 Å². The highest BCUT2D eigenvalue weighted by Gasteiger charge is 2.21. The van der Waals surface area contributed by atoms with Crippen LogP contribution in [0.3, 0.4) is 0 Å². The van der Waals surface area contributed by atoms with Gasteiger partial charge < -0.3 is 15.6 Å². The Morgan fingerprint density at radius 1 is 1.42 bits per heavy atom. The van der Waals surface area contributed by atoms with Crippen LogP contribution in [-0.4, -0.2) is 21.4 Å². The normalized spacial score (nSPS) is 11.8. The van der Waals surface area contributed by atoms with E-state index in [4.69, 9.17) is 10.5 Å². The lowest BCUT2D eigenvalue weighted by Gasteiger charge is -2.20. The lowest BCUT2D eigenvalue weighted by Crippen LogP contribution is -2.26. The zero-order chi connectivity index (χ0) is 14.2. The number of para-hydroxylation sites is 1. The number of fused-ring (bicyclic) bond motifs is 1. The fourth-order valence-corrected chi connectivity index (χ4v) is 1.96. The van der Waals surface area contributed by atoms with Crippen LogP contribution in [0.5, 0.6) is 0 Å². The molecule has 0 fully saturated rings. The van der Waals surface area contributed by atoms with Crippen molar-refractivity contribution in [3.63, 3.8) is 0 Å². The minimum atomic E-state index is -0.587. The Bertz CT molecular complexity index is 623. The van der Waals surface area contributed by atoms with Crippen molar-refractivity contribution < 1.29 is 14.6 Å². The average Bonchev–Trinajstić information content (AvgIpc) is 2.67. The number of aliphatic hydroxyl groups excluding tert-OH is 1. The molecule has 0 aliphatic carbocycles. The molecule has 2 aromatic rings. The molecule has 0 amide bonds. The maximum atomic E-state index is 12.2. The highest BCUT2D eigenvalue weighted by molar-refractivity contribution is 5.98. The van der Waals surface area contributed by atoms with E-state index in [1.165, 1.54) is 4.57 Å². The number of carbonyl (C=O) groups excluding carboxylic acids is 1. The fourth-order valence-electron chi connectivity index (χ4n) is 1.96. The van der Waals surface area contributed by atoms with E-state index in [9.17, 15) is 9.90 Å². The molecule has 0 spiro atoms. The molecule has 0 radical (unpaired) electrons. The van der Waals surface area contributed by atoms with Gasteiger partial charge in [0, 0.05) is 17.1 Å². The summed E-state index contributed by atoms with van der Waals surface area (Å²) < 4.78 is 6.68. The number of nitrogens with zero attached hydrogens (tertiary/aromatic N) is 1. The van der Waals surface area contributed by atoms with E-state index >= 15 is 0 Å². The van der Waals surface area contributed by atoms with Crippen LogP contribution in [0.2, 0.25) is 0 Å². The van der Waals surface area contributed by atoms with Crippen molar-refractivity contribution in [1.82, 2.24) is 4.57 Å². The van der Waals surface area contributed by atoms with Gasteiger partial charge in [0.25, 0.3) is 0 Å². The van der Waals surface area contributed by atoms with Gasteiger partial charge in [-0.15, -0.1) is 0 Å². The molecule has 5 heteroatoms. The Balaban J connectivity index is 2.58. The first-order chi connectivity index (χ1) is 8.83. The monoisotopic (exact) mass is 262 g/mol. The third-order valence-corrected chi connectivity index (χ3v) is 2.70. The summed E-state index contributed by atoms with van der Waals surface area (Å²) in [5.74, 6) is 0. The maximum Gasteiger partial charge on any atom is 0.419 e. The van der Waals surface area contributed by atoms with Crippen molar-refractivity contribution in [2.24, 2.45) is 0 Å². The molecule has 3 N–H and O–H groups in total. The molecule has 0 atom stereocenters. The second kappa shape index (κ2) is 4.59. The van der Waals surface area contributed by atoms with E-state index in [1.54, 1.807) is 39.1 Å². The number of benzene rings is 1. The SMILES string of the molecule is CC(C)(C)OC(=O)n1cc(CO)c2cccc(N)c21. The molecule has 0 unspecified atom stereocenters. The summed E-state index contributed by atoms with van der Waals surface area (Å²) in [6.45, 7) is 5.24. The van der Waals surface area contributed by atoms with Crippen molar-refractivity contribution in [1.29, 1.82) is 0 Å². The number of hydrogen-bond acceptors (Lipinski definition) is 4. The second-order valence-electron chi connectivity index (χ2n) is 5.41. The van der Waals surface area contributed by atoms with Gasteiger partial charge in [0.15, 0.2) is 0 Å². The highest BCUT2D eigenvalue weighted by Crippen LogP contribution is 2.27. The van der Waals surface area contributed by atoms with Gasteiger partial charge in [-0.05, 0) is 26.8 Å². The van der Waals surface area contributed by atoms with Crippen molar-refractivity contribution in [3.8, 4) is 0 Å². The summed E-state index contributed by atoms with van der Waals surface area (Å²) in [4.78, 5) is 12.2. The largest absolute Gasteiger partial charge is 0.443 e. The van der Waals surface area contributed by atoms with Gasteiger partial charge in [0.05, 0.1) is 17.8 Å². The molecular formula is C14H18N2O3. The number of aromatic nitrogens is 1. The number of hydrogen-bond donors (Lipinski definition) is 2. The van der Waals surface area contributed by atoms with Crippen LogP contribution in [-0.2, 0) is 11.3 Å². The van der Waals surface area contributed by atoms with Crippen molar-refractivity contribution in [2.75, 3.05) is 5.73 Å². The first-order valence-corrected chi connectivity index (χ1v) is 6.06. The number of ether oxygens (including phenoxy) is 1. The van der Waals surface area contributed by atoms with Gasteiger partial charge >= 0.3 is 6.09 Å². The second-order valence-corrected chi connectivity index (χ2v) is 5.41. The van der Waals surface area contributed by atoms with Crippen LogP contribution < -0.4 is 5.73 Å². The molecule has 1 aromatic carbocycles. The summed E-state index contributed by atoms with van der Waals surface area (Å²) in [6.07, 6.45) is 1.06. The molecule has 1 aromatic heterocycles. The standard InChI is InChI=1S/C14H18N2O3/c1-14(2,3)19-13(18)16-7-9(8-17)10-5-4-6-11(15)12(10)16/h4-7,17H,8,15H2,1-3H3. The highest BCUT2D eigenvalue weighted by atomic mass is 16.6. The minimum Gasteiger partial charge on any atom is -0.443 e. The van der Waals surface area contributed by atoms with E-state index < -0.39 is 11.7 Å². The lowest BCUT2D eigenvalue weighted by molar-refractivity contribution is 0.0544. The van der Waals surface area contributed by atoms with Crippen molar-refractivity contribution >= 4 is 22.7 Å². The maximum absolute atomic E-state index is 12.2. The number of nitrogen functional groups attached to an aromatic ring is 1. The van der Waals surface area contributed by atoms with E-state index in [0.29, 0.717) is 16.8 Å². The smallest absolute Gasteiger partial charge is 0.419 e. The van der Waals surface area contributed by atoms with Gasteiger partial charge in [-0.3, -0.25) is 4.57 Å². The molecular weight excluding hydrogens is 244 g/mol. The Morgan fingerprint density at radius 2 is 2.11 bits per heavy atom. The molecule has 1 heterocycles. The minimum absolute atomic E-state index is 0.157. The Kier molecular flexibility index (Phi) is 3.24. The van der Waals surface area contributed by atoms with Crippen molar-refractivity contribution in [2.45, 2.75) is 33.0 Å². The van der Waals surface area contributed by atoms with Gasteiger partial charge in [0.2, 0.25) is 0 Å². The van der Waals surface area contributed by atoms with E-state index in [0.717, 1.165) is 5.39 Å². The molecule has 102 valence electrons. The number of aliphatic hydroxyl groups is 1. The zero-order valence-corrected chi connectivity index (χ0v) is 11.3.